The number of ether oxygens (including phenoxy) is 1. The highest BCUT2D eigenvalue weighted by Gasteiger charge is 2.21. The lowest BCUT2D eigenvalue weighted by atomic mass is 10.2. The van der Waals surface area contributed by atoms with Crippen molar-refractivity contribution in [3.63, 3.8) is 0 Å². The summed E-state index contributed by atoms with van der Waals surface area (Å²) >= 11 is 3.44. The molecule has 7 heteroatoms. The van der Waals surface area contributed by atoms with E-state index in [1.165, 1.54) is 12.8 Å². The van der Waals surface area contributed by atoms with Crippen molar-refractivity contribution < 1.29 is 9.53 Å². The molecule has 1 aromatic carbocycles. The van der Waals surface area contributed by atoms with Crippen molar-refractivity contribution in [1.82, 2.24) is 10.2 Å². The maximum atomic E-state index is 13.1. The van der Waals surface area contributed by atoms with Crippen LogP contribution in [0.15, 0.2) is 40.9 Å². The number of benzene rings is 1. The Hall–Kier alpha value is -1.99. The highest BCUT2D eigenvalue weighted by atomic mass is 79.9. The Kier molecular flexibility index (Phi) is 7.80. The second-order valence-electron chi connectivity index (χ2n) is 6.87. The molecule has 1 fully saturated rings. The van der Waals surface area contributed by atoms with E-state index in [1.54, 1.807) is 11.0 Å². The van der Waals surface area contributed by atoms with Gasteiger partial charge in [0.2, 0.25) is 0 Å². The summed E-state index contributed by atoms with van der Waals surface area (Å²) in [5, 5.41) is 8.49. The van der Waals surface area contributed by atoms with Gasteiger partial charge in [-0.2, -0.15) is 0 Å². The van der Waals surface area contributed by atoms with Crippen LogP contribution in [0.5, 0.6) is 0 Å². The van der Waals surface area contributed by atoms with Crippen LogP contribution in [0.25, 0.3) is 0 Å². The van der Waals surface area contributed by atoms with Crippen molar-refractivity contribution in [2.24, 2.45) is 0 Å². The zero-order chi connectivity index (χ0) is 19.8. The first-order valence-corrected chi connectivity index (χ1v) is 10.7. The van der Waals surface area contributed by atoms with Gasteiger partial charge in [0.05, 0.1) is 6.61 Å². The van der Waals surface area contributed by atoms with Crippen molar-refractivity contribution in [3.8, 4) is 0 Å². The maximum absolute atomic E-state index is 13.1. The van der Waals surface area contributed by atoms with E-state index in [1.807, 2.05) is 30.3 Å². The molecule has 1 amide bonds. The number of amides is 1. The predicted octanol–water partition coefficient (Wildman–Crippen LogP) is 4.30. The number of hydrogen-bond donors (Lipinski definition) is 0. The van der Waals surface area contributed by atoms with Gasteiger partial charge in [0.1, 0.15) is 0 Å². The molecule has 1 aliphatic rings. The summed E-state index contributed by atoms with van der Waals surface area (Å²) in [5.41, 5.74) is 1.16. The van der Waals surface area contributed by atoms with E-state index in [9.17, 15) is 4.79 Å². The summed E-state index contributed by atoms with van der Waals surface area (Å²) in [6.07, 6.45) is 4.47. The Balaban J connectivity index is 1.72. The molecule has 6 nitrogen and oxygen atoms in total. The van der Waals surface area contributed by atoms with Crippen LogP contribution in [0, 0.1) is 0 Å². The summed E-state index contributed by atoms with van der Waals surface area (Å²) in [5.74, 6) is 0.675. The first-order valence-electron chi connectivity index (χ1n) is 9.93. The fourth-order valence-corrected chi connectivity index (χ4v) is 3.43. The van der Waals surface area contributed by atoms with Gasteiger partial charge in [0.15, 0.2) is 11.5 Å². The molecule has 1 aromatic heterocycles. The van der Waals surface area contributed by atoms with Crippen LogP contribution in [0.2, 0.25) is 0 Å². The highest BCUT2D eigenvalue weighted by molar-refractivity contribution is 9.10. The van der Waals surface area contributed by atoms with Gasteiger partial charge in [-0.1, -0.05) is 29.3 Å². The summed E-state index contributed by atoms with van der Waals surface area (Å²) in [4.78, 5) is 17.0. The summed E-state index contributed by atoms with van der Waals surface area (Å²) in [6, 6.07) is 11.3. The molecular weight excluding hydrogens is 420 g/mol. The Morgan fingerprint density at radius 3 is 2.50 bits per heavy atom. The standard InChI is InChI=1S/C21H27BrN4O2/c1-2-3-15-28-16-14-26(18-8-6-17(22)7-9-18)21(27)19-10-11-20(24-23-19)25-12-4-5-13-25/h6-11H,2-5,12-16H2,1H3. The van der Waals surface area contributed by atoms with Crippen LogP contribution in [0.3, 0.4) is 0 Å². The van der Waals surface area contributed by atoms with E-state index >= 15 is 0 Å². The average Bonchev–Trinajstić information content (AvgIpc) is 3.26. The van der Waals surface area contributed by atoms with E-state index in [0.717, 1.165) is 41.9 Å². The van der Waals surface area contributed by atoms with E-state index < -0.39 is 0 Å². The lowest BCUT2D eigenvalue weighted by Crippen LogP contribution is -2.35. The molecule has 0 N–H and O–H groups in total. The van der Waals surface area contributed by atoms with Crippen LogP contribution in [0.1, 0.15) is 43.1 Å². The smallest absolute Gasteiger partial charge is 0.278 e. The number of unbranched alkanes of at least 4 members (excludes halogenated alkanes) is 1. The van der Waals surface area contributed by atoms with Crippen LogP contribution in [-0.4, -0.2) is 49.0 Å². The van der Waals surface area contributed by atoms with Crippen LogP contribution in [-0.2, 0) is 4.74 Å². The van der Waals surface area contributed by atoms with Gasteiger partial charge in [-0.05, 0) is 55.7 Å². The Morgan fingerprint density at radius 2 is 1.86 bits per heavy atom. The second-order valence-corrected chi connectivity index (χ2v) is 7.79. The lowest BCUT2D eigenvalue weighted by Gasteiger charge is -2.23. The van der Waals surface area contributed by atoms with Crippen LogP contribution >= 0.6 is 15.9 Å². The molecular formula is C21H27BrN4O2. The lowest BCUT2D eigenvalue weighted by molar-refractivity contribution is 0.0953. The highest BCUT2D eigenvalue weighted by Crippen LogP contribution is 2.21. The van der Waals surface area contributed by atoms with Crippen molar-refractivity contribution in [2.75, 3.05) is 42.6 Å². The van der Waals surface area contributed by atoms with Gasteiger partial charge in [0, 0.05) is 36.4 Å². The number of rotatable bonds is 9. The van der Waals surface area contributed by atoms with Gasteiger partial charge < -0.3 is 14.5 Å². The molecule has 2 aromatic rings. The number of carbonyl (C=O) groups is 1. The van der Waals surface area contributed by atoms with Crippen LogP contribution in [0.4, 0.5) is 11.5 Å². The minimum Gasteiger partial charge on any atom is -0.380 e. The normalized spacial score (nSPS) is 13.7. The number of carbonyl (C=O) groups excluding carboxylic acids is 1. The molecule has 150 valence electrons. The minimum absolute atomic E-state index is 0.165. The van der Waals surface area contributed by atoms with Crippen LogP contribution < -0.4 is 9.80 Å². The molecule has 1 saturated heterocycles. The number of halogens is 1. The largest absolute Gasteiger partial charge is 0.380 e. The van der Waals surface area contributed by atoms with Gasteiger partial charge in [-0.3, -0.25) is 4.79 Å². The summed E-state index contributed by atoms with van der Waals surface area (Å²) < 4.78 is 6.65. The first-order chi connectivity index (χ1) is 13.7. The molecule has 28 heavy (non-hydrogen) atoms. The molecule has 1 aliphatic heterocycles. The summed E-state index contributed by atoms with van der Waals surface area (Å²) in [6.45, 7) is 5.81. The quantitative estimate of drug-likeness (QED) is 0.537. The molecule has 2 heterocycles. The van der Waals surface area contributed by atoms with Crippen molar-refractivity contribution in [2.45, 2.75) is 32.6 Å². The van der Waals surface area contributed by atoms with E-state index in [4.69, 9.17) is 4.74 Å². The van der Waals surface area contributed by atoms with Gasteiger partial charge in [-0.25, -0.2) is 0 Å². The molecule has 0 unspecified atom stereocenters. The zero-order valence-corrected chi connectivity index (χ0v) is 17.9. The molecule has 0 radical (unpaired) electrons. The third kappa shape index (κ3) is 5.52. The number of hydrogen-bond acceptors (Lipinski definition) is 5. The predicted molar refractivity (Wildman–Crippen MR) is 115 cm³/mol. The average molecular weight is 447 g/mol. The molecule has 0 atom stereocenters. The van der Waals surface area contributed by atoms with Crippen molar-refractivity contribution >= 4 is 33.3 Å². The molecule has 0 spiro atoms. The Labute approximate surface area is 175 Å². The van der Waals surface area contributed by atoms with Crippen molar-refractivity contribution in [1.29, 1.82) is 0 Å². The Bertz CT molecular complexity index is 746. The van der Waals surface area contributed by atoms with E-state index in [0.29, 0.717) is 25.5 Å². The fourth-order valence-electron chi connectivity index (χ4n) is 3.17. The summed E-state index contributed by atoms with van der Waals surface area (Å²) in [7, 11) is 0. The molecule has 0 bridgehead atoms. The topological polar surface area (TPSA) is 58.6 Å². The Morgan fingerprint density at radius 1 is 1.11 bits per heavy atom. The third-order valence-electron chi connectivity index (χ3n) is 4.78. The van der Waals surface area contributed by atoms with E-state index in [-0.39, 0.29) is 5.91 Å². The second kappa shape index (κ2) is 10.5. The van der Waals surface area contributed by atoms with Gasteiger partial charge in [-0.15, -0.1) is 10.2 Å². The van der Waals surface area contributed by atoms with Gasteiger partial charge >= 0.3 is 0 Å². The monoisotopic (exact) mass is 446 g/mol. The molecule has 0 aliphatic carbocycles. The minimum atomic E-state index is -0.165. The number of nitrogens with zero attached hydrogens (tertiary/aromatic N) is 4. The SMILES string of the molecule is CCCCOCCN(C(=O)c1ccc(N2CCCC2)nn1)c1ccc(Br)cc1. The number of aromatic nitrogens is 2. The zero-order valence-electron chi connectivity index (χ0n) is 16.3. The molecule has 0 saturated carbocycles. The van der Waals surface area contributed by atoms with E-state index in [2.05, 4.69) is 38.0 Å². The fraction of sp³-hybridized carbons (Fsp3) is 0.476. The maximum Gasteiger partial charge on any atom is 0.278 e. The number of anilines is 2. The molecule has 3 rings (SSSR count). The van der Waals surface area contributed by atoms with Gasteiger partial charge in [0.25, 0.3) is 5.91 Å². The van der Waals surface area contributed by atoms with Crippen molar-refractivity contribution in [3.05, 3.63) is 46.6 Å². The first kappa shape index (κ1) is 20.7. The third-order valence-corrected chi connectivity index (χ3v) is 5.31.